The molecule has 6 heteroatoms. The van der Waals surface area contributed by atoms with Crippen LogP contribution in [0.4, 0.5) is 5.69 Å². The Bertz CT molecular complexity index is 702. The van der Waals surface area contributed by atoms with Crippen molar-refractivity contribution < 1.29 is 14.3 Å². The number of nitrogens with one attached hydrogen (secondary N) is 1. The highest BCUT2D eigenvalue weighted by molar-refractivity contribution is 6.33. The van der Waals surface area contributed by atoms with Crippen LogP contribution in [-0.2, 0) is 17.9 Å². The molecule has 0 fully saturated rings. The zero-order valence-electron chi connectivity index (χ0n) is 13.8. The summed E-state index contributed by atoms with van der Waals surface area (Å²) in [6.07, 6.45) is 0. The lowest BCUT2D eigenvalue weighted by molar-refractivity contribution is 0.0948. The topological polar surface area (TPSA) is 73.6 Å². The lowest BCUT2D eigenvalue weighted by Gasteiger charge is -2.11. The highest BCUT2D eigenvalue weighted by Gasteiger charge is 2.14. The zero-order valence-corrected chi connectivity index (χ0v) is 14.5. The van der Waals surface area contributed by atoms with Gasteiger partial charge in [-0.2, -0.15) is 0 Å². The molecule has 0 aliphatic carbocycles. The van der Waals surface area contributed by atoms with Gasteiger partial charge < -0.3 is 20.5 Å². The van der Waals surface area contributed by atoms with Crippen molar-refractivity contribution in [3.8, 4) is 5.75 Å². The van der Waals surface area contributed by atoms with Crippen LogP contribution >= 0.6 is 11.6 Å². The summed E-state index contributed by atoms with van der Waals surface area (Å²) in [6.45, 7) is 3.63. The first-order chi connectivity index (χ1) is 11.5. The van der Waals surface area contributed by atoms with E-state index in [-0.39, 0.29) is 5.91 Å². The Morgan fingerprint density at radius 2 is 1.88 bits per heavy atom. The number of methoxy groups -OCH3 is 1. The Hall–Kier alpha value is -2.24. The van der Waals surface area contributed by atoms with E-state index in [1.807, 2.05) is 31.2 Å². The Kier molecular flexibility index (Phi) is 6.46. The number of hydrogen-bond acceptors (Lipinski definition) is 4. The standard InChI is InChI=1S/C18H21ClN2O3/c1-3-24-11-13-6-4-12(5-7-13)10-21-18(22)14-8-15(19)16(20)9-17(14)23-2/h4-9H,3,10-11,20H2,1-2H3,(H,21,22). The first kappa shape index (κ1) is 18.1. The van der Waals surface area contributed by atoms with Gasteiger partial charge in [0.25, 0.3) is 5.91 Å². The van der Waals surface area contributed by atoms with Gasteiger partial charge in [0.1, 0.15) is 5.75 Å². The maximum Gasteiger partial charge on any atom is 0.255 e. The second kappa shape index (κ2) is 8.57. The third kappa shape index (κ3) is 4.63. The molecule has 0 bridgehead atoms. The number of amides is 1. The van der Waals surface area contributed by atoms with E-state index in [4.69, 9.17) is 26.8 Å². The average Bonchev–Trinajstić information content (AvgIpc) is 2.60. The molecule has 0 radical (unpaired) electrons. The molecule has 5 nitrogen and oxygen atoms in total. The van der Waals surface area contributed by atoms with Gasteiger partial charge in [-0.3, -0.25) is 4.79 Å². The number of rotatable bonds is 7. The van der Waals surface area contributed by atoms with E-state index in [1.165, 1.54) is 13.2 Å². The number of anilines is 1. The van der Waals surface area contributed by atoms with Crippen LogP contribution in [0.3, 0.4) is 0 Å². The van der Waals surface area contributed by atoms with Crippen LogP contribution < -0.4 is 15.8 Å². The van der Waals surface area contributed by atoms with Crippen LogP contribution in [-0.4, -0.2) is 19.6 Å². The third-order valence-corrected chi connectivity index (χ3v) is 3.84. The molecule has 2 rings (SSSR count). The summed E-state index contributed by atoms with van der Waals surface area (Å²) in [5.74, 6) is 0.119. The van der Waals surface area contributed by atoms with Crippen LogP contribution in [0.15, 0.2) is 36.4 Å². The molecule has 0 atom stereocenters. The van der Waals surface area contributed by atoms with Crippen LogP contribution in [0.2, 0.25) is 5.02 Å². The number of hydrogen-bond donors (Lipinski definition) is 2. The molecule has 0 aromatic heterocycles. The number of benzene rings is 2. The summed E-state index contributed by atoms with van der Waals surface area (Å²) in [7, 11) is 1.48. The molecule has 3 N–H and O–H groups in total. The number of carbonyl (C=O) groups is 1. The fourth-order valence-electron chi connectivity index (χ4n) is 2.17. The van der Waals surface area contributed by atoms with Gasteiger partial charge in [0.2, 0.25) is 0 Å². The van der Waals surface area contributed by atoms with Crippen molar-refractivity contribution in [1.29, 1.82) is 0 Å². The van der Waals surface area contributed by atoms with E-state index in [1.54, 1.807) is 6.07 Å². The van der Waals surface area contributed by atoms with E-state index in [0.717, 1.165) is 11.1 Å². The van der Waals surface area contributed by atoms with Crippen molar-refractivity contribution in [3.05, 3.63) is 58.1 Å². The molecule has 0 aliphatic rings. The van der Waals surface area contributed by atoms with Crippen molar-refractivity contribution >= 4 is 23.2 Å². The van der Waals surface area contributed by atoms with Gasteiger partial charge in [-0.1, -0.05) is 35.9 Å². The van der Waals surface area contributed by atoms with Crippen molar-refractivity contribution in [1.82, 2.24) is 5.32 Å². The van der Waals surface area contributed by atoms with Gasteiger partial charge >= 0.3 is 0 Å². The fourth-order valence-corrected chi connectivity index (χ4v) is 2.33. The van der Waals surface area contributed by atoms with Gasteiger partial charge in [-0.15, -0.1) is 0 Å². The maximum atomic E-state index is 12.4. The Morgan fingerprint density at radius 3 is 2.50 bits per heavy atom. The monoisotopic (exact) mass is 348 g/mol. The molecule has 0 saturated carbocycles. The Balaban J connectivity index is 2.01. The molecule has 0 saturated heterocycles. The summed E-state index contributed by atoms with van der Waals surface area (Å²) in [5, 5.41) is 3.17. The van der Waals surface area contributed by atoms with Crippen molar-refractivity contribution in [2.24, 2.45) is 0 Å². The third-order valence-electron chi connectivity index (χ3n) is 3.51. The minimum Gasteiger partial charge on any atom is -0.496 e. The maximum absolute atomic E-state index is 12.4. The molecule has 0 spiro atoms. The van der Waals surface area contributed by atoms with Crippen molar-refractivity contribution in [3.63, 3.8) is 0 Å². The second-order valence-electron chi connectivity index (χ2n) is 5.21. The number of halogens is 1. The summed E-state index contributed by atoms with van der Waals surface area (Å²) < 4.78 is 10.5. The smallest absolute Gasteiger partial charge is 0.255 e. The number of ether oxygens (including phenoxy) is 2. The van der Waals surface area contributed by atoms with Crippen LogP contribution in [0.25, 0.3) is 0 Å². The van der Waals surface area contributed by atoms with E-state index >= 15 is 0 Å². The molecule has 0 aliphatic heterocycles. The van der Waals surface area contributed by atoms with E-state index in [9.17, 15) is 4.79 Å². The highest BCUT2D eigenvalue weighted by atomic mass is 35.5. The summed E-state index contributed by atoms with van der Waals surface area (Å²) in [5.41, 5.74) is 8.53. The molecule has 0 unspecified atom stereocenters. The van der Waals surface area contributed by atoms with E-state index < -0.39 is 0 Å². The predicted octanol–water partition coefficient (Wildman–Crippen LogP) is 3.40. The summed E-state index contributed by atoms with van der Waals surface area (Å²) >= 11 is 5.99. The minimum atomic E-state index is -0.271. The molecule has 1 amide bonds. The lowest BCUT2D eigenvalue weighted by Crippen LogP contribution is -2.23. The van der Waals surface area contributed by atoms with Crippen LogP contribution in [0.5, 0.6) is 5.75 Å². The second-order valence-corrected chi connectivity index (χ2v) is 5.62. The molecule has 128 valence electrons. The van der Waals surface area contributed by atoms with Crippen molar-refractivity contribution in [2.75, 3.05) is 19.5 Å². The van der Waals surface area contributed by atoms with E-state index in [0.29, 0.717) is 41.8 Å². The molecular formula is C18H21ClN2O3. The predicted molar refractivity (Wildman–Crippen MR) is 95.4 cm³/mol. The molecule has 2 aromatic rings. The van der Waals surface area contributed by atoms with Crippen LogP contribution in [0.1, 0.15) is 28.4 Å². The number of nitrogen functional groups attached to an aromatic ring is 1. The Morgan fingerprint density at radius 1 is 1.21 bits per heavy atom. The molecule has 0 heterocycles. The number of carbonyl (C=O) groups excluding carboxylic acids is 1. The largest absolute Gasteiger partial charge is 0.496 e. The average molecular weight is 349 g/mol. The van der Waals surface area contributed by atoms with Gasteiger partial charge in [0.05, 0.1) is 30.0 Å². The normalized spacial score (nSPS) is 10.5. The Labute approximate surface area is 146 Å². The molecule has 24 heavy (non-hydrogen) atoms. The summed E-state index contributed by atoms with van der Waals surface area (Å²) in [4.78, 5) is 12.4. The lowest BCUT2D eigenvalue weighted by atomic mass is 10.1. The molecule has 2 aromatic carbocycles. The van der Waals surface area contributed by atoms with Gasteiger partial charge in [0.15, 0.2) is 0 Å². The fraction of sp³-hybridized carbons (Fsp3) is 0.278. The SMILES string of the molecule is CCOCc1ccc(CNC(=O)c2cc(Cl)c(N)cc2OC)cc1. The van der Waals surface area contributed by atoms with E-state index in [2.05, 4.69) is 5.32 Å². The minimum absolute atomic E-state index is 0.271. The first-order valence-corrected chi connectivity index (χ1v) is 7.99. The summed E-state index contributed by atoms with van der Waals surface area (Å²) in [6, 6.07) is 10.9. The van der Waals surface area contributed by atoms with Gasteiger partial charge in [-0.25, -0.2) is 0 Å². The molecular weight excluding hydrogens is 328 g/mol. The number of nitrogens with two attached hydrogens (primary N) is 1. The highest BCUT2D eigenvalue weighted by Crippen LogP contribution is 2.28. The quantitative estimate of drug-likeness (QED) is 0.752. The first-order valence-electron chi connectivity index (χ1n) is 7.62. The van der Waals surface area contributed by atoms with Gasteiger partial charge in [0, 0.05) is 19.2 Å². The zero-order chi connectivity index (χ0) is 17.5. The van der Waals surface area contributed by atoms with Gasteiger partial charge in [-0.05, 0) is 24.1 Å². The van der Waals surface area contributed by atoms with Crippen LogP contribution in [0, 0.1) is 0 Å². The van der Waals surface area contributed by atoms with Crippen molar-refractivity contribution in [2.45, 2.75) is 20.1 Å².